The Morgan fingerprint density at radius 1 is 0.467 bits per heavy atom. The molecule has 0 radical (unpaired) electrons. The molecule has 45 heavy (non-hydrogen) atoms. The average Bonchev–Trinajstić information content (AvgIpc) is 2.81. The van der Waals surface area contributed by atoms with Crippen molar-refractivity contribution in [1.82, 2.24) is 0 Å². The minimum atomic E-state index is -9.53. The van der Waals surface area contributed by atoms with E-state index < -0.39 is 92.5 Å². The Morgan fingerprint density at radius 3 is 1.00 bits per heavy atom. The highest BCUT2D eigenvalue weighted by Gasteiger charge is 2.98. The Bertz CT molecular complexity index is 1520. The second-order valence-electron chi connectivity index (χ2n) is 8.12. The molecule has 0 aromatic heterocycles. The molecule has 264 valence electrons. The van der Waals surface area contributed by atoms with Gasteiger partial charge in [0.1, 0.15) is 10.7 Å². The molecule has 0 bridgehead atoms. The summed E-state index contributed by atoms with van der Waals surface area (Å²) in [6.07, 6.45) is 0. The quantitative estimate of drug-likeness (QED) is 0.159. The summed E-state index contributed by atoms with van der Waals surface area (Å²) in [5, 5.41) is -18.0. The lowest BCUT2D eigenvalue weighted by Gasteiger charge is -2.44. The fourth-order valence-corrected chi connectivity index (χ4v) is 5.30. The van der Waals surface area contributed by atoms with Crippen molar-refractivity contribution in [2.45, 2.75) is 62.8 Å². The van der Waals surface area contributed by atoms with Crippen LogP contribution in [0.3, 0.4) is 0 Å². The number of sulfone groups is 1. The van der Waals surface area contributed by atoms with Crippen molar-refractivity contribution in [3.05, 3.63) is 29.0 Å². The Kier molecular flexibility index (Phi) is 9.73. The highest BCUT2D eigenvalue weighted by molar-refractivity contribution is 8.14. The molecule has 0 saturated carbocycles. The first-order valence-corrected chi connectivity index (χ1v) is 13.8. The van der Waals surface area contributed by atoms with E-state index in [1.807, 2.05) is 0 Å². The molecule has 0 amide bonds. The highest BCUT2D eigenvalue weighted by atomic mass is 35.7. The molecule has 0 saturated heterocycles. The first-order valence-electron chi connectivity index (χ1n) is 9.58. The maximum absolute atomic E-state index is 14.2. The van der Waals surface area contributed by atoms with Gasteiger partial charge in [-0.1, -0.05) is 17.7 Å². The van der Waals surface area contributed by atoms with Crippen LogP contribution in [0, 0.1) is 5.82 Å². The predicted molar refractivity (Wildman–Crippen MR) is 103 cm³/mol. The molecule has 0 aliphatic carbocycles. The average molecular weight is 793 g/mol. The second kappa shape index (κ2) is 10.6. The van der Waals surface area contributed by atoms with Crippen LogP contribution in [0.25, 0.3) is 0 Å². The number of hydrogen-bond donors (Lipinski definition) is 0. The van der Waals surface area contributed by atoms with E-state index in [4.69, 9.17) is 11.6 Å². The van der Waals surface area contributed by atoms with Crippen LogP contribution < -0.4 is 0 Å². The summed E-state index contributed by atoms with van der Waals surface area (Å²) in [7, 11) is -12.2. The summed E-state index contributed by atoms with van der Waals surface area (Å²) in [5.41, 5.74) is 0. The van der Waals surface area contributed by atoms with Crippen molar-refractivity contribution in [3.8, 4) is 0 Å². The fourth-order valence-electron chi connectivity index (χ4n) is 2.74. The molecule has 0 unspecified atom stereocenters. The fraction of sp³-hybridized carbons (Fsp3) is 0.625. The molecular weight excluding hydrogens is 790 g/mol. The molecular formula is C16H3Cl2F21O4S2. The zero-order valence-electron chi connectivity index (χ0n) is 19.4. The molecule has 0 fully saturated rings. The van der Waals surface area contributed by atoms with E-state index in [9.17, 15) is 109 Å². The molecule has 1 rings (SSSR count). The number of hydrogen-bond acceptors (Lipinski definition) is 4. The molecule has 4 nitrogen and oxygen atoms in total. The predicted octanol–water partition coefficient (Wildman–Crippen LogP) is 8.09. The van der Waals surface area contributed by atoms with Crippen LogP contribution in [0.4, 0.5) is 92.2 Å². The van der Waals surface area contributed by atoms with Gasteiger partial charge in [0.25, 0.3) is 9.84 Å². The molecule has 1 aromatic carbocycles. The third-order valence-corrected chi connectivity index (χ3v) is 9.08. The smallest absolute Gasteiger partial charge is 0.217 e. The summed E-state index contributed by atoms with van der Waals surface area (Å²) < 4.78 is 334. The van der Waals surface area contributed by atoms with E-state index in [1.54, 1.807) is 0 Å². The molecule has 0 heterocycles. The third-order valence-electron chi connectivity index (χ3n) is 5.32. The number of rotatable bonds is 12. The summed E-state index contributed by atoms with van der Waals surface area (Å²) in [6, 6.07) is 0.0198. The molecule has 29 heteroatoms. The van der Waals surface area contributed by atoms with Crippen molar-refractivity contribution < 1.29 is 109 Å². The van der Waals surface area contributed by atoms with Gasteiger partial charge >= 0.3 is 66.9 Å². The van der Waals surface area contributed by atoms with Gasteiger partial charge in [-0.25, -0.2) is 21.2 Å². The summed E-state index contributed by atoms with van der Waals surface area (Å²) >= 11 is 4.93. The van der Waals surface area contributed by atoms with Crippen molar-refractivity contribution in [2.75, 3.05) is 0 Å². The Balaban J connectivity index is 4.02. The van der Waals surface area contributed by atoms with Crippen LogP contribution in [0.1, 0.15) is 0 Å². The number of halogens is 23. The molecule has 0 atom stereocenters. The first-order chi connectivity index (χ1) is 19.2. The van der Waals surface area contributed by atoms with Gasteiger partial charge in [-0.2, -0.15) is 87.8 Å². The van der Waals surface area contributed by atoms with Crippen LogP contribution in [0.5, 0.6) is 0 Å². The molecule has 0 N–H and O–H groups in total. The van der Waals surface area contributed by atoms with Gasteiger partial charge in [0.2, 0.25) is 0 Å². The Morgan fingerprint density at radius 2 is 0.733 bits per heavy atom. The van der Waals surface area contributed by atoms with Crippen LogP contribution in [0.2, 0.25) is 5.02 Å². The molecule has 0 aliphatic heterocycles. The SMILES string of the molecule is O=S(=O)(Cl)C(F)(F)C(F)(F)C(F)(F)C(F)(F)C(F)(F)C(F)(F)C(F)(F)C(F)(F)C(F)(F)C(F)(F)S(=O)(=O)c1c(F)cccc1Cl. The summed E-state index contributed by atoms with van der Waals surface area (Å²) in [6.45, 7) is 0. The summed E-state index contributed by atoms with van der Waals surface area (Å²) in [5.74, 6) is -76.5. The minimum absolute atomic E-state index is 0.00419. The van der Waals surface area contributed by atoms with Gasteiger partial charge in [-0.05, 0) is 12.1 Å². The molecule has 0 spiro atoms. The third kappa shape index (κ3) is 4.97. The Labute approximate surface area is 242 Å². The van der Waals surface area contributed by atoms with Gasteiger partial charge in [-0.15, -0.1) is 0 Å². The molecule has 1 aromatic rings. The van der Waals surface area contributed by atoms with Crippen molar-refractivity contribution in [1.29, 1.82) is 0 Å². The highest BCUT2D eigenvalue weighted by Crippen LogP contribution is 2.67. The lowest BCUT2D eigenvalue weighted by atomic mass is 9.87. The van der Waals surface area contributed by atoms with E-state index in [2.05, 4.69) is 10.7 Å². The monoisotopic (exact) mass is 792 g/mol. The van der Waals surface area contributed by atoms with E-state index in [0.717, 1.165) is 0 Å². The van der Waals surface area contributed by atoms with E-state index in [0.29, 0.717) is 0 Å². The largest absolute Gasteiger partial charge is 0.427 e. The van der Waals surface area contributed by atoms with Crippen LogP contribution in [-0.2, 0) is 18.9 Å². The van der Waals surface area contributed by atoms with Gasteiger partial charge in [0.15, 0.2) is 0 Å². The molecule has 0 aliphatic rings. The lowest BCUT2D eigenvalue weighted by molar-refractivity contribution is -0.463. The number of alkyl halides is 20. The minimum Gasteiger partial charge on any atom is -0.217 e. The van der Waals surface area contributed by atoms with Gasteiger partial charge in [0.05, 0.1) is 5.02 Å². The standard InChI is InChI=1S/C16H3Cl2F21O4S2/c17-4-2-1-3-5(19)6(4)44(40,41)15(36,37)13(32,33)11(28,29)9(24,25)7(20,21)8(22,23)10(26,27)12(30,31)14(34,35)16(38,39)45(18,42)43/h1-3H. The maximum atomic E-state index is 14.2. The van der Waals surface area contributed by atoms with Gasteiger partial charge in [0, 0.05) is 10.7 Å². The topological polar surface area (TPSA) is 68.3 Å². The van der Waals surface area contributed by atoms with Crippen molar-refractivity contribution in [3.63, 3.8) is 0 Å². The normalized spacial score (nSPS) is 16.2. The van der Waals surface area contributed by atoms with Crippen molar-refractivity contribution in [2.24, 2.45) is 0 Å². The van der Waals surface area contributed by atoms with Crippen molar-refractivity contribution >= 4 is 41.2 Å². The van der Waals surface area contributed by atoms with Gasteiger partial charge < -0.3 is 0 Å². The van der Waals surface area contributed by atoms with E-state index in [-0.39, 0.29) is 18.2 Å². The van der Waals surface area contributed by atoms with Crippen LogP contribution in [-0.4, -0.2) is 74.7 Å². The van der Waals surface area contributed by atoms with Crippen LogP contribution >= 0.6 is 22.3 Å². The lowest BCUT2D eigenvalue weighted by Crippen LogP contribution is -2.77. The Hall–Kier alpha value is -1.77. The van der Waals surface area contributed by atoms with Gasteiger partial charge in [-0.3, -0.25) is 0 Å². The maximum Gasteiger partial charge on any atom is 0.427 e. The number of benzene rings is 1. The zero-order chi connectivity index (χ0) is 36.9. The first kappa shape index (κ1) is 41.3. The van der Waals surface area contributed by atoms with E-state index in [1.165, 1.54) is 0 Å². The summed E-state index contributed by atoms with van der Waals surface area (Å²) in [4.78, 5) is -2.99. The second-order valence-corrected chi connectivity index (χ2v) is 13.1. The van der Waals surface area contributed by atoms with Crippen LogP contribution in [0.15, 0.2) is 23.1 Å². The zero-order valence-corrected chi connectivity index (χ0v) is 22.5. The van der Waals surface area contributed by atoms with E-state index >= 15 is 0 Å².